The normalized spacial score (nSPS) is 21.0. The number of esters is 8. The summed E-state index contributed by atoms with van der Waals surface area (Å²) in [6.07, 6.45) is 5.29. The van der Waals surface area contributed by atoms with E-state index in [-0.39, 0.29) is 75.1 Å². The quantitative estimate of drug-likeness (QED) is 0.0554. The smallest absolute Gasteiger partial charge is 0.339 e. The molecule has 20 nitrogen and oxygen atoms in total. The molecule has 0 unspecified atom stereocenters. The van der Waals surface area contributed by atoms with Gasteiger partial charge in [-0.3, -0.25) is 28.8 Å². The largest absolute Gasteiger partial charge is 0.478 e. The highest BCUT2D eigenvalue weighted by atomic mass is 16.6. The molecule has 2 aromatic carbocycles. The highest BCUT2D eigenvalue weighted by molar-refractivity contribution is 5.94. The Morgan fingerprint density at radius 1 is 0.412 bits per heavy atom. The number of hydrogen-bond acceptors (Lipinski definition) is 18. The van der Waals surface area contributed by atoms with E-state index in [4.69, 9.17) is 37.9 Å². The minimum absolute atomic E-state index is 0.0936. The molecule has 0 saturated heterocycles. The maximum Gasteiger partial charge on any atom is 0.339 e. The average molecular weight is 949 g/mol. The first-order valence-corrected chi connectivity index (χ1v) is 22.1. The summed E-state index contributed by atoms with van der Waals surface area (Å²) in [6.45, 7) is 6.08. The second kappa shape index (κ2) is 24.9. The van der Waals surface area contributed by atoms with Crippen LogP contribution in [0.15, 0.2) is 61.7 Å². The van der Waals surface area contributed by atoms with Gasteiger partial charge in [0, 0.05) is 12.2 Å². The summed E-state index contributed by atoms with van der Waals surface area (Å²) >= 11 is 0. The van der Waals surface area contributed by atoms with Crippen LogP contribution < -0.4 is 18.9 Å². The number of carbonyl (C=O) groups is 10. The molecular weight excluding hydrogens is 897 g/mol. The molecule has 0 aliphatic heterocycles. The molecule has 68 heavy (non-hydrogen) atoms. The van der Waals surface area contributed by atoms with Crippen molar-refractivity contribution in [3.63, 3.8) is 0 Å². The Morgan fingerprint density at radius 2 is 0.676 bits per heavy atom. The van der Waals surface area contributed by atoms with Gasteiger partial charge in [0.2, 0.25) is 0 Å². The van der Waals surface area contributed by atoms with Gasteiger partial charge in [0.05, 0.1) is 35.5 Å². The van der Waals surface area contributed by atoms with Gasteiger partial charge in [0.1, 0.15) is 60.6 Å². The zero-order valence-corrected chi connectivity index (χ0v) is 37.1. The van der Waals surface area contributed by atoms with E-state index in [1.165, 1.54) is 24.3 Å². The Morgan fingerprint density at radius 3 is 0.956 bits per heavy atom. The molecule has 2 N–H and O–H groups in total. The van der Waals surface area contributed by atoms with E-state index in [1.807, 2.05) is 0 Å². The summed E-state index contributed by atoms with van der Waals surface area (Å²) in [5.74, 6) is -12.1. The number of benzene rings is 2. The minimum Gasteiger partial charge on any atom is -0.478 e. The molecule has 5 rings (SSSR count). The molecule has 3 aliphatic carbocycles. The number of ether oxygens (including phenoxy) is 8. The molecule has 0 heterocycles. The van der Waals surface area contributed by atoms with E-state index in [1.54, 1.807) is 0 Å². The van der Waals surface area contributed by atoms with E-state index in [9.17, 15) is 58.2 Å². The Kier molecular flexibility index (Phi) is 18.9. The Bertz CT molecular complexity index is 2100. The van der Waals surface area contributed by atoms with Crippen molar-refractivity contribution in [2.75, 3.05) is 26.4 Å². The van der Waals surface area contributed by atoms with E-state index >= 15 is 0 Å². The van der Waals surface area contributed by atoms with Crippen LogP contribution in [-0.4, -0.2) is 96.3 Å². The highest BCUT2D eigenvalue weighted by Gasteiger charge is 2.36. The summed E-state index contributed by atoms with van der Waals surface area (Å²) < 4.78 is 41.7. The van der Waals surface area contributed by atoms with Gasteiger partial charge in [0.25, 0.3) is 0 Å². The number of rotatable bonds is 20. The third-order valence-corrected chi connectivity index (χ3v) is 11.9. The zero-order chi connectivity index (χ0) is 49.3. The molecule has 20 heteroatoms. The first-order valence-electron chi connectivity index (χ1n) is 22.1. The van der Waals surface area contributed by atoms with E-state index in [0.29, 0.717) is 51.4 Å². The summed E-state index contributed by atoms with van der Waals surface area (Å²) in [5, 5.41) is 19.8. The molecule has 0 radical (unpaired) electrons. The summed E-state index contributed by atoms with van der Waals surface area (Å²) in [7, 11) is 0. The zero-order valence-electron chi connectivity index (χ0n) is 37.1. The van der Waals surface area contributed by atoms with Gasteiger partial charge in [-0.05, 0) is 113 Å². The standard InChI is InChI=1S/C48H52O20/c1-3-39(49)61-21-23-63-43(55)27-5-9-29(10-6-27)45(57)65-33-17-19-37(35(25-33)41(51)52)67-47(59)31-13-15-32(16-14-31)48(60)68-38-20-18-34(26-36(38)42(53)54)66-46(58)30-11-7-28(8-12-30)44(56)64-24-22-62-40(50)4-2/h3-4,17-20,25-32H,1-2,5-16,21-24H2,(H,51,52)(H,53,54). The van der Waals surface area contributed by atoms with Gasteiger partial charge in [-0.15, -0.1) is 0 Å². The SMILES string of the molecule is C=CC(=O)OCCOC(=O)C1CCC(C(=O)Oc2ccc(OC(=O)C3CCC(C(=O)Oc4ccc(OC(=O)C5CCC(C(=O)OCCOC(=O)C=C)CC5)cc4C(=O)O)CC3)c(C(=O)O)c2)CC1. The maximum atomic E-state index is 13.2. The van der Waals surface area contributed by atoms with Crippen LogP contribution in [0, 0.1) is 35.5 Å². The van der Waals surface area contributed by atoms with Crippen LogP contribution in [0.5, 0.6) is 23.0 Å². The van der Waals surface area contributed by atoms with Crippen molar-refractivity contribution in [2.24, 2.45) is 35.5 Å². The van der Waals surface area contributed by atoms with Crippen LogP contribution in [0.2, 0.25) is 0 Å². The molecule has 0 bridgehead atoms. The van der Waals surface area contributed by atoms with Crippen LogP contribution in [0.4, 0.5) is 0 Å². The first kappa shape index (κ1) is 51.6. The van der Waals surface area contributed by atoms with Crippen molar-refractivity contribution in [1.82, 2.24) is 0 Å². The summed E-state index contributed by atoms with van der Waals surface area (Å²) in [6, 6.07) is 7.09. The number of carboxylic acids is 2. The third-order valence-electron chi connectivity index (χ3n) is 11.9. The molecule has 0 aromatic heterocycles. The number of carboxylic acid groups (broad SMARTS) is 2. The first-order chi connectivity index (χ1) is 32.6. The lowest BCUT2D eigenvalue weighted by Crippen LogP contribution is -2.31. The summed E-state index contributed by atoms with van der Waals surface area (Å²) in [4.78, 5) is 124. The monoisotopic (exact) mass is 948 g/mol. The molecule has 2 aromatic rings. The molecule has 3 saturated carbocycles. The Hall–Kier alpha value is -7.38. The molecule has 3 fully saturated rings. The lowest BCUT2D eigenvalue weighted by atomic mass is 9.82. The number of hydrogen-bond donors (Lipinski definition) is 2. The molecule has 364 valence electrons. The fourth-order valence-corrected chi connectivity index (χ4v) is 8.06. The predicted octanol–water partition coefficient (Wildman–Crippen LogP) is 5.37. The topological polar surface area (TPSA) is 285 Å². The van der Waals surface area contributed by atoms with Crippen LogP contribution in [0.25, 0.3) is 0 Å². The van der Waals surface area contributed by atoms with Crippen LogP contribution in [0.3, 0.4) is 0 Å². The van der Waals surface area contributed by atoms with Crippen molar-refractivity contribution >= 4 is 59.7 Å². The lowest BCUT2D eigenvalue weighted by Gasteiger charge is -2.26. The highest BCUT2D eigenvalue weighted by Crippen LogP contribution is 2.36. The van der Waals surface area contributed by atoms with Gasteiger partial charge in [-0.1, -0.05) is 13.2 Å². The maximum absolute atomic E-state index is 13.2. The van der Waals surface area contributed by atoms with Crippen molar-refractivity contribution in [2.45, 2.75) is 77.0 Å². The minimum atomic E-state index is -1.45. The number of carbonyl (C=O) groups excluding carboxylic acids is 8. The molecule has 0 amide bonds. The second-order valence-corrected chi connectivity index (χ2v) is 16.3. The third kappa shape index (κ3) is 14.8. The average Bonchev–Trinajstić information content (AvgIpc) is 3.34. The van der Waals surface area contributed by atoms with Gasteiger partial charge in [-0.25, -0.2) is 19.2 Å². The second-order valence-electron chi connectivity index (χ2n) is 16.3. The van der Waals surface area contributed by atoms with Crippen molar-refractivity contribution in [3.8, 4) is 23.0 Å². The predicted molar refractivity (Wildman–Crippen MR) is 230 cm³/mol. The Balaban J connectivity index is 1.05. The van der Waals surface area contributed by atoms with Crippen LogP contribution in [0.1, 0.15) is 97.8 Å². The summed E-state index contributed by atoms with van der Waals surface area (Å²) in [5.41, 5.74) is -0.876. The molecular formula is C48H52O20. The molecule has 3 aliphatic rings. The Labute approximate surface area is 389 Å². The fourth-order valence-electron chi connectivity index (χ4n) is 8.06. The van der Waals surface area contributed by atoms with Gasteiger partial charge in [-0.2, -0.15) is 0 Å². The molecule has 0 atom stereocenters. The van der Waals surface area contributed by atoms with E-state index in [0.717, 1.165) is 24.3 Å². The van der Waals surface area contributed by atoms with Crippen molar-refractivity contribution < 1.29 is 96.1 Å². The van der Waals surface area contributed by atoms with Gasteiger partial charge >= 0.3 is 59.7 Å². The van der Waals surface area contributed by atoms with Crippen molar-refractivity contribution in [3.05, 3.63) is 72.8 Å². The van der Waals surface area contributed by atoms with Gasteiger partial charge < -0.3 is 48.1 Å². The lowest BCUT2D eigenvalue weighted by molar-refractivity contribution is -0.155. The number of aromatic carboxylic acids is 2. The fraction of sp³-hybridized carbons (Fsp3) is 0.458. The van der Waals surface area contributed by atoms with Gasteiger partial charge in [0.15, 0.2) is 0 Å². The van der Waals surface area contributed by atoms with Crippen LogP contribution in [-0.2, 0) is 57.3 Å². The molecule has 0 spiro atoms. The van der Waals surface area contributed by atoms with E-state index < -0.39 is 106 Å². The van der Waals surface area contributed by atoms with Crippen molar-refractivity contribution in [1.29, 1.82) is 0 Å². The van der Waals surface area contributed by atoms with Crippen LogP contribution >= 0.6 is 0 Å². The van der Waals surface area contributed by atoms with E-state index in [2.05, 4.69) is 13.2 Å².